The van der Waals surface area contributed by atoms with Gasteiger partial charge in [0, 0.05) is 6.54 Å². The van der Waals surface area contributed by atoms with E-state index in [9.17, 15) is 27.9 Å². The molecule has 1 N–H and O–H groups in total. The van der Waals surface area contributed by atoms with E-state index < -0.39 is 30.7 Å². The third-order valence-electron chi connectivity index (χ3n) is 3.90. The molecule has 0 aromatic heterocycles. The molecule has 0 saturated carbocycles. The number of halogens is 3. The molecule has 1 heterocycles. The number of piperidine rings is 1. The molecule has 1 fully saturated rings. The van der Waals surface area contributed by atoms with Gasteiger partial charge in [0.2, 0.25) is 0 Å². The second kappa shape index (κ2) is 7.11. The molecule has 1 saturated heterocycles. The number of amides is 1. The van der Waals surface area contributed by atoms with Gasteiger partial charge in [-0.3, -0.25) is 4.79 Å². The van der Waals surface area contributed by atoms with Gasteiger partial charge < -0.3 is 14.7 Å². The van der Waals surface area contributed by atoms with Crippen LogP contribution in [-0.4, -0.2) is 41.2 Å². The summed E-state index contributed by atoms with van der Waals surface area (Å²) in [5.41, 5.74) is 0.705. The van der Waals surface area contributed by atoms with Gasteiger partial charge in [0.15, 0.2) is 6.61 Å². The lowest BCUT2D eigenvalue weighted by Crippen LogP contribution is -2.45. The first-order chi connectivity index (χ1) is 11.2. The number of carbonyl (C=O) groups is 2. The summed E-state index contributed by atoms with van der Waals surface area (Å²) in [4.78, 5) is 25.2. The first-order valence-electron chi connectivity index (χ1n) is 7.51. The van der Waals surface area contributed by atoms with E-state index >= 15 is 0 Å². The second-order valence-corrected chi connectivity index (χ2v) is 5.94. The third-order valence-corrected chi connectivity index (χ3v) is 3.90. The van der Waals surface area contributed by atoms with E-state index in [1.165, 1.54) is 17.0 Å². The highest BCUT2D eigenvalue weighted by atomic mass is 19.4. The van der Waals surface area contributed by atoms with Crippen molar-refractivity contribution in [2.24, 2.45) is 5.92 Å². The van der Waals surface area contributed by atoms with Gasteiger partial charge in [-0.2, -0.15) is 13.2 Å². The van der Waals surface area contributed by atoms with E-state index in [-0.39, 0.29) is 18.2 Å². The van der Waals surface area contributed by atoms with E-state index in [0.29, 0.717) is 12.0 Å². The van der Waals surface area contributed by atoms with Crippen molar-refractivity contribution in [1.82, 2.24) is 4.90 Å². The van der Waals surface area contributed by atoms with E-state index in [1.807, 2.05) is 6.92 Å². The molecule has 0 spiro atoms. The van der Waals surface area contributed by atoms with Crippen molar-refractivity contribution in [1.29, 1.82) is 0 Å². The Kier molecular flexibility index (Phi) is 5.36. The summed E-state index contributed by atoms with van der Waals surface area (Å²) in [6.45, 7) is 0.366. The summed E-state index contributed by atoms with van der Waals surface area (Å²) in [5, 5.41) is 9.35. The van der Waals surface area contributed by atoms with Gasteiger partial charge >= 0.3 is 18.1 Å². The highest BCUT2D eigenvalue weighted by Gasteiger charge is 2.37. The monoisotopic (exact) mass is 345 g/mol. The Bertz CT molecular complexity index is 600. The maximum atomic E-state index is 12.2. The van der Waals surface area contributed by atoms with Gasteiger partial charge in [-0.05, 0) is 36.5 Å². The average molecular weight is 345 g/mol. The summed E-state index contributed by atoms with van der Waals surface area (Å²) in [7, 11) is 0. The number of esters is 1. The smallest absolute Gasteiger partial charge is 0.422 e. The Morgan fingerprint density at radius 1 is 1.25 bits per heavy atom. The van der Waals surface area contributed by atoms with E-state index in [2.05, 4.69) is 4.74 Å². The van der Waals surface area contributed by atoms with Crippen LogP contribution in [0.5, 0.6) is 5.75 Å². The van der Waals surface area contributed by atoms with Crippen LogP contribution in [-0.2, 0) is 14.3 Å². The maximum absolute atomic E-state index is 12.2. The molecule has 1 aliphatic heterocycles. The van der Waals surface area contributed by atoms with Crippen molar-refractivity contribution in [3.05, 3.63) is 29.8 Å². The summed E-state index contributed by atoms with van der Waals surface area (Å²) in [5.74, 6) is -2.41. The van der Waals surface area contributed by atoms with Gasteiger partial charge in [-0.1, -0.05) is 19.1 Å². The van der Waals surface area contributed by atoms with Crippen molar-refractivity contribution >= 4 is 11.9 Å². The third kappa shape index (κ3) is 4.62. The Morgan fingerprint density at radius 2 is 1.88 bits per heavy atom. The van der Waals surface area contributed by atoms with E-state index in [0.717, 1.165) is 6.42 Å². The molecule has 8 heteroatoms. The molecule has 132 valence electrons. The number of phenolic OH excluding ortho intramolecular Hbond substituents is 1. The van der Waals surface area contributed by atoms with Crippen LogP contribution in [0.2, 0.25) is 0 Å². The molecule has 2 rings (SSSR count). The zero-order valence-corrected chi connectivity index (χ0v) is 13.0. The standard InChI is InChI=1S/C16H18F3NO4/c1-10-2-7-13(11-3-5-12(21)6-4-11)20(8-10)14(22)15(23)24-9-16(17,18)19/h3-6,10,13,21H,2,7-9H2,1H3. The number of phenols is 1. The molecule has 1 aromatic rings. The van der Waals surface area contributed by atoms with Gasteiger partial charge in [-0.25, -0.2) is 4.79 Å². The number of aromatic hydroxyl groups is 1. The fourth-order valence-electron chi connectivity index (χ4n) is 2.75. The van der Waals surface area contributed by atoms with E-state index in [4.69, 9.17) is 0 Å². The van der Waals surface area contributed by atoms with Crippen LogP contribution >= 0.6 is 0 Å². The molecule has 1 aliphatic rings. The molecule has 0 bridgehead atoms. The Hall–Kier alpha value is -2.25. The SMILES string of the molecule is CC1CCC(c2ccc(O)cc2)N(C(=O)C(=O)OCC(F)(F)F)C1. The largest absolute Gasteiger partial charge is 0.508 e. The summed E-state index contributed by atoms with van der Waals surface area (Å²) >= 11 is 0. The van der Waals surface area contributed by atoms with Crippen molar-refractivity contribution in [2.45, 2.75) is 32.0 Å². The number of ether oxygens (including phenoxy) is 1. The maximum Gasteiger partial charge on any atom is 0.422 e. The molecule has 0 radical (unpaired) electrons. The molecular weight excluding hydrogens is 327 g/mol. The van der Waals surface area contributed by atoms with Gasteiger partial charge in [0.25, 0.3) is 0 Å². The van der Waals surface area contributed by atoms with Crippen LogP contribution in [0, 0.1) is 5.92 Å². The quantitative estimate of drug-likeness (QED) is 0.661. The minimum atomic E-state index is -4.68. The minimum absolute atomic E-state index is 0.0605. The van der Waals surface area contributed by atoms with Crippen molar-refractivity contribution < 1.29 is 32.6 Å². The summed E-state index contributed by atoms with van der Waals surface area (Å²) in [6, 6.07) is 5.72. The average Bonchev–Trinajstić information content (AvgIpc) is 2.52. The number of hydrogen-bond donors (Lipinski definition) is 1. The van der Waals surface area contributed by atoms with Crippen molar-refractivity contribution in [2.75, 3.05) is 13.2 Å². The molecular formula is C16H18F3NO4. The Balaban J connectivity index is 2.14. The predicted molar refractivity (Wildman–Crippen MR) is 78.0 cm³/mol. The van der Waals surface area contributed by atoms with Gasteiger partial charge in [0.05, 0.1) is 6.04 Å². The number of rotatable bonds is 2. The highest BCUT2D eigenvalue weighted by Crippen LogP contribution is 2.34. The van der Waals surface area contributed by atoms with Crippen LogP contribution < -0.4 is 0 Å². The Labute approximate surface area is 137 Å². The minimum Gasteiger partial charge on any atom is -0.508 e. The predicted octanol–water partition coefficient (Wildman–Crippen LogP) is 2.80. The molecule has 0 aliphatic carbocycles. The fraction of sp³-hybridized carbons (Fsp3) is 0.500. The molecule has 5 nitrogen and oxygen atoms in total. The zero-order chi connectivity index (χ0) is 17.9. The second-order valence-electron chi connectivity index (χ2n) is 5.94. The molecule has 2 unspecified atom stereocenters. The summed E-state index contributed by atoms with van der Waals surface area (Å²) < 4.78 is 40.5. The number of nitrogens with zero attached hydrogens (tertiary/aromatic N) is 1. The number of benzene rings is 1. The van der Waals surface area contributed by atoms with Crippen molar-refractivity contribution in [3.8, 4) is 5.75 Å². The Morgan fingerprint density at radius 3 is 2.46 bits per heavy atom. The summed E-state index contributed by atoms with van der Waals surface area (Å²) in [6.07, 6.45) is -3.29. The fourth-order valence-corrected chi connectivity index (χ4v) is 2.75. The van der Waals surface area contributed by atoms with Crippen LogP contribution in [0.1, 0.15) is 31.4 Å². The first kappa shape index (κ1) is 18.1. The van der Waals surface area contributed by atoms with Gasteiger partial charge in [0.1, 0.15) is 5.75 Å². The zero-order valence-electron chi connectivity index (χ0n) is 13.0. The van der Waals surface area contributed by atoms with Crippen LogP contribution in [0.3, 0.4) is 0 Å². The number of likely N-dealkylation sites (tertiary alicyclic amines) is 1. The molecule has 1 amide bonds. The normalized spacial score (nSPS) is 21.4. The van der Waals surface area contributed by atoms with Crippen LogP contribution in [0.15, 0.2) is 24.3 Å². The lowest BCUT2D eigenvalue weighted by molar-refractivity contribution is -0.190. The van der Waals surface area contributed by atoms with E-state index in [1.54, 1.807) is 12.1 Å². The topological polar surface area (TPSA) is 66.8 Å². The highest BCUT2D eigenvalue weighted by molar-refractivity contribution is 6.32. The number of carbonyl (C=O) groups excluding carboxylic acids is 2. The lowest BCUT2D eigenvalue weighted by atomic mass is 9.90. The number of hydrogen-bond acceptors (Lipinski definition) is 4. The molecule has 1 aromatic carbocycles. The van der Waals surface area contributed by atoms with Crippen LogP contribution in [0.4, 0.5) is 13.2 Å². The lowest BCUT2D eigenvalue weighted by Gasteiger charge is -2.38. The van der Waals surface area contributed by atoms with Gasteiger partial charge in [-0.15, -0.1) is 0 Å². The molecule has 2 atom stereocenters. The van der Waals surface area contributed by atoms with Crippen LogP contribution in [0.25, 0.3) is 0 Å². The van der Waals surface area contributed by atoms with Crippen molar-refractivity contribution in [3.63, 3.8) is 0 Å². The molecule has 24 heavy (non-hydrogen) atoms. The number of alkyl halides is 3. The first-order valence-corrected chi connectivity index (χ1v) is 7.51.